The molecule has 1 amide bonds. The molecule has 0 radical (unpaired) electrons. The Balaban J connectivity index is 0.00000498. The van der Waals surface area contributed by atoms with Gasteiger partial charge < -0.3 is 38.5 Å². The number of anilines is 2. The Morgan fingerprint density at radius 2 is 1.31 bits per heavy atom. The number of amides is 1. The molecule has 0 fully saturated rings. The van der Waals surface area contributed by atoms with Crippen molar-refractivity contribution in [2.24, 2.45) is 26.2 Å². The Morgan fingerprint density at radius 3 is 1.85 bits per heavy atom. The fourth-order valence-electron chi connectivity index (χ4n) is 5.08. The Labute approximate surface area is 494 Å². The zero-order valence-corrected chi connectivity index (χ0v) is 52.7. The van der Waals surface area contributed by atoms with Crippen molar-refractivity contribution in [3.8, 4) is 5.95 Å². The predicted octanol–water partition coefficient (Wildman–Crippen LogP) is -4.50. The van der Waals surface area contributed by atoms with E-state index in [0.29, 0.717) is 86.9 Å². The van der Waals surface area contributed by atoms with E-state index in [4.69, 9.17) is 5.73 Å². The summed E-state index contributed by atoms with van der Waals surface area (Å²) in [5.74, 6) is -0.880. The van der Waals surface area contributed by atoms with Crippen LogP contribution in [-0.2, 0) is 49.9 Å². The molecular weight excluding hydrogens is 1480 g/mol. The standard InChI is InChI=1S/C33H25FN10O10S3.ClH.HI3.3Na.W/c1-17-14-27(42-43-28-16-21(56-54-52-47)4-8-29(28)57(48,49)50)18(2)13-26(17)41-40-25-7-6-24(22-5-3-20(15-23(22)25)55-53-51-46)36-32-37-31(34)38-33(39-32)44-11-9-19(10-12-44)30(35)45;;1-3-2;;;;/h3-16H,1-2H3,(H5-,35,36,37,38,39,41,43,45,46,47,48,49,50);1H;3H;;;;/q;;;3*+1;/p-3. The van der Waals surface area contributed by atoms with Crippen molar-refractivity contribution in [3.05, 3.63) is 108 Å². The number of carbonyl (C=O) groups excluding carboxylic acids is 1. The number of rotatable bonds is 15. The molecule has 0 aliphatic carbocycles. The summed E-state index contributed by atoms with van der Waals surface area (Å²) in [4.78, 5) is 23.3. The monoisotopic (exact) mass is 1500 g/mol. The van der Waals surface area contributed by atoms with Crippen LogP contribution in [0.1, 0.15) is 21.5 Å². The van der Waals surface area contributed by atoms with Crippen molar-refractivity contribution < 1.29 is 178 Å². The van der Waals surface area contributed by atoms with Crippen LogP contribution in [0, 0.1) is 19.9 Å². The van der Waals surface area contributed by atoms with Crippen molar-refractivity contribution >= 4 is 136 Å². The van der Waals surface area contributed by atoms with E-state index in [9.17, 15) is 32.7 Å². The van der Waals surface area contributed by atoms with E-state index < -0.39 is 27.0 Å². The van der Waals surface area contributed by atoms with Crippen LogP contribution in [0.25, 0.3) is 16.7 Å². The maximum atomic E-state index is 14.6. The molecule has 4 aromatic carbocycles. The Hall–Kier alpha value is 0.238. The van der Waals surface area contributed by atoms with Gasteiger partial charge in [-0.3, -0.25) is 14.9 Å². The molecule has 0 saturated carbocycles. The summed E-state index contributed by atoms with van der Waals surface area (Å²) < 4.78 is 60.2. The molecule has 20 nitrogen and oxygen atoms in total. The molecule has 0 saturated heterocycles. The topological polar surface area (TPSA) is 287 Å². The Kier molecular flexibility index (Phi) is 32.4. The Bertz CT molecular complexity index is 2730. The van der Waals surface area contributed by atoms with Gasteiger partial charge in [0.2, 0.25) is 5.91 Å². The van der Waals surface area contributed by atoms with E-state index in [-0.39, 0.29) is 150 Å². The first-order chi connectivity index (χ1) is 28.7. The molecular formula is C33H24ClFI3N10Na3O10S3W. The average molecular weight is 1500 g/mol. The summed E-state index contributed by atoms with van der Waals surface area (Å²) in [7, 11) is -4.94. The molecule has 0 aliphatic heterocycles. The van der Waals surface area contributed by atoms with Crippen molar-refractivity contribution in [1.82, 2.24) is 15.0 Å². The van der Waals surface area contributed by atoms with E-state index in [1.54, 1.807) is 56.3 Å². The zero-order chi connectivity index (χ0) is 43.4. The third-order valence-electron chi connectivity index (χ3n) is 7.71. The van der Waals surface area contributed by atoms with E-state index in [1.807, 2.05) is 0 Å². The van der Waals surface area contributed by atoms with Crippen LogP contribution >= 0.6 is 74.6 Å². The quantitative estimate of drug-likeness (QED) is 0.0143. The average Bonchev–Trinajstić information content (AvgIpc) is 3.22. The van der Waals surface area contributed by atoms with Gasteiger partial charge in [0.15, 0.2) is 0 Å². The first-order valence-electron chi connectivity index (χ1n) is 16.0. The molecule has 2 heterocycles. The van der Waals surface area contributed by atoms with Crippen LogP contribution < -0.4 is 127 Å². The summed E-state index contributed by atoms with van der Waals surface area (Å²) in [5.41, 5.74) is 7.94. The minimum atomic E-state index is -4.94. The van der Waals surface area contributed by atoms with Gasteiger partial charge in [-0.1, -0.05) is 6.07 Å². The van der Waals surface area contributed by atoms with Crippen LogP contribution in [0.15, 0.2) is 120 Å². The zero-order valence-electron chi connectivity index (χ0n) is 33.9. The van der Waals surface area contributed by atoms with Crippen LogP contribution in [0.2, 0.25) is 0 Å². The van der Waals surface area contributed by atoms with E-state index >= 15 is 0 Å². The molecule has 0 aliphatic rings. The van der Waals surface area contributed by atoms with Gasteiger partial charge in [-0.15, -0.1) is 19.6 Å². The molecule has 0 unspecified atom stereocenters. The number of hydrogen-bond acceptors (Lipinski definition) is 20. The fourth-order valence-corrected chi connectivity index (χ4v) is 6.45. The number of pyridine rings is 1. The molecule has 6 aromatic rings. The fraction of sp³-hybridized carbons (Fsp3) is 0.0606. The van der Waals surface area contributed by atoms with E-state index in [2.05, 4.69) is 96.7 Å². The number of nitrogens with two attached hydrogens (primary N) is 1. The number of aryl methyl sites for hydroxylation is 2. The number of benzene rings is 4. The first-order valence-corrected chi connectivity index (χ1v) is 32.5. The third kappa shape index (κ3) is 19.4. The SMILES string of the molecule is Cc1cc(N=Nc2ccc(Nc3nc(F)nc(-[n+]4ccc(C(N)=O)cc4)n3)c3ccc(SOO[O-])cc23)c(C)cc1N=Nc1cc(SOO[O-])ccc1S(=O)(=O)[O-].I[IH]I.[Cl-].[Na+].[Na+].[Na+].[W]. The van der Waals surface area contributed by atoms with Crippen LogP contribution in [0.4, 0.5) is 38.8 Å². The number of carbonyl (C=O) groups is 1. The van der Waals surface area contributed by atoms with Crippen LogP contribution in [0.3, 0.4) is 0 Å². The van der Waals surface area contributed by atoms with Crippen LogP contribution in [-0.4, -0.2) is 33.8 Å². The molecule has 3 N–H and O–H groups in total. The smallest absolute Gasteiger partial charge is 1.00 e. The maximum absolute atomic E-state index is 14.6. The second-order valence-corrected chi connectivity index (χ2v) is 31.9. The first kappa shape index (κ1) is 65.2. The van der Waals surface area contributed by atoms with Gasteiger partial charge in [-0.25, -0.2) is 13.0 Å². The van der Waals surface area contributed by atoms with Crippen molar-refractivity contribution in [2.45, 2.75) is 28.5 Å². The summed E-state index contributed by atoms with van der Waals surface area (Å²) in [6.45, 7) is 3.43. The summed E-state index contributed by atoms with van der Waals surface area (Å²) >= 11 is 6.35. The molecule has 65 heavy (non-hydrogen) atoms. The second kappa shape index (κ2) is 32.3. The van der Waals surface area contributed by atoms with Gasteiger partial charge in [0.05, 0.1) is 64.1 Å². The normalized spacial score (nSPS) is 10.8. The number of nitrogens with one attached hydrogen (secondary N) is 1. The number of fused-ring (bicyclic) bond motifs is 1. The minimum Gasteiger partial charge on any atom is -1.00 e. The van der Waals surface area contributed by atoms with Gasteiger partial charge in [-0.2, -0.15) is 18.9 Å². The van der Waals surface area contributed by atoms with E-state index in [1.165, 1.54) is 41.2 Å². The predicted molar refractivity (Wildman–Crippen MR) is 235 cm³/mol. The molecule has 0 bridgehead atoms. The summed E-state index contributed by atoms with van der Waals surface area (Å²) in [5, 5.41) is 48.6. The maximum Gasteiger partial charge on any atom is 1.00 e. The molecule has 328 valence electrons. The molecule has 0 spiro atoms. The number of aromatic nitrogens is 4. The number of nitrogens with zero attached hydrogens (tertiary/aromatic N) is 8. The van der Waals surface area contributed by atoms with Crippen molar-refractivity contribution in [3.63, 3.8) is 0 Å². The summed E-state index contributed by atoms with van der Waals surface area (Å²) in [6, 6.07) is 17.8. The largest absolute Gasteiger partial charge is 1.00 e. The van der Waals surface area contributed by atoms with Crippen LogP contribution in [0.5, 0.6) is 0 Å². The van der Waals surface area contributed by atoms with Crippen molar-refractivity contribution in [1.29, 1.82) is 0 Å². The van der Waals surface area contributed by atoms with Gasteiger partial charge in [0.25, 0.3) is 0 Å². The summed E-state index contributed by atoms with van der Waals surface area (Å²) in [6.07, 6.45) is 1.80. The minimum absolute atomic E-state index is 0. The molecule has 6 rings (SSSR count). The van der Waals surface area contributed by atoms with E-state index in [0.717, 1.165) is 6.07 Å². The second-order valence-electron chi connectivity index (χ2n) is 11.5. The number of azo groups is 2. The molecule has 2 aromatic heterocycles. The van der Waals surface area contributed by atoms with Gasteiger partial charge in [0.1, 0.15) is 15.8 Å². The number of hydrogen-bond donors (Lipinski definition) is 2. The third-order valence-corrected chi connectivity index (χ3v) is 9.74. The van der Waals surface area contributed by atoms with Gasteiger partial charge in [-0.05, 0) is 102 Å². The van der Waals surface area contributed by atoms with Crippen molar-refractivity contribution in [2.75, 3.05) is 5.32 Å². The number of primary amides is 1. The van der Waals surface area contributed by atoms with Gasteiger partial charge in [0, 0.05) is 47.2 Å². The Morgan fingerprint density at radius 1 is 0.785 bits per heavy atom. The van der Waals surface area contributed by atoms with Gasteiger partial charge >= 0.3 is 157 Å². The number of halogens is 5. The molecule has 32 heteroatoms. The molecule has 0 atom stereocenters.